The summed E-state index contributed by atoms with van der Waals surface area (Å²) in [5, 5.41) is 27.5. The van der Waals surface area contributed by atoms with Gasteiger partial charge in [0, 0.05) is 36.8 Å². The molecule has 7 nitrogen and oxygen atoms in total. The molecule has 2 aliphatic heterocycles. The number of carbonyl (C=O) groups is 2. The van der Waals surface area contributed by atoms with Crippen LogP contribution in [0.5, 0.6) is 0 Å². The van der Waals surface area contributed by atoms with Gasteiger partial charge in [0.2, 0.25) is 0 Å². The number of alkyl halides is 1. The van der Waals surface area contributed by atoms with Gasteiger partial charge in [0.15, 0.2) is 5.78 Å². The summed E-state index contributed by atoms with van der Waals surface area (Å²) in [6.07, 6.45) is 3.91. The second-order valence-corrected chi connectivity index (χ2v) is 8.25. The van der Waals surface area contributed by atoms with E-state index in [1.807, 2.05) is 0 Å². The minimum Gasteiger partial charge on any atom is -0.477 e. The summed E-state index contributed by atoms with van der Waals surface area (Å²) in [6.45, 7) is 0.484. The van der Waals surface area contributed by atoms with Gasteiger partial charge in [-0.25, -0.2) is 9.18 Å². The normalized spacial score (nSPS) is 31.6. The molecule has 0 aromatic carbocycles. The summed E-state index contributed by atoms with van der Waals surface area (Å²) in [6, 6.07) is -0.539. The number of nitrogens with zero attached hydrogens (tertiary/aromatic N) is 2. The Labute approximate surface area is 166 Å². The van der Waals surface area contributed by atoms with Gasteiger partial charge in [-0.2, -0.15) is 0 Å². The highest BCUT2D eigenvalue weighted by Gasteiger charge is 2.49. The lowest BCUT2D eigenvalue weighted by Gasteiger charge is -2.43. The third-order valence-corrected chi connectivity index (χ3v) is 6.43. The monoisotopic (exact) mass is 412 g/mol. The average Bonchev–Trinajstić information content (AvgIpc) is 3.39. The molecule has 4 rings (SSSR count). The fourth-order valence-corrected chi connectivity index (χ4v) is 4.85. The van der Waals surface area contributed by atoms with Crippen molar-refractivity contribution in [3.8, 4) is 0 Å². The zero-order chi connectivity index (χ0) is 20.2. The number of fused-ring (bicyclic) bond motifs is 1. The first kappa shape index (κ1) is 19.4. The third kappa shape index (κ3) is 3.13. The Morgan fingerprint density at radius 2 is 2.07 bits per heavy atom. The fourth-order valence-electron chi connectivity index (χ4n) is 4.34. The molecule has 2 fully saturated rings. The van der Waals surface area contributed by atoms with Crippen LogP contribution in [0.4, 0.5) is 4.39 Å². The lowest BCUT2D eigenvalue weighted by molar-refractivity contribution is -0.134. The van der Waals surface area contributed by atoms with Gasteiger partial charge in [-0.1, -0.05) is 0 Å². The van der Waals surface area contributed by atoms with Crippen molar-refractivity contribution in [3.63, 3.8) is 0 Å². The van der Waals surface area contributed by atoms with Crippen LogP contribution in [0.3, 0.4) is 0 Å². The number of aliphatic carboxylic acids is 1. The Hall–Kier alpha value is -1.90. The van der Waals surface area contributed by atoms with Gasteiger partial charge in [-0.3, -0.25) is 4.79 Å². The summed E-state index contributed by atoms with van der Waals surface area (Å²) >= 11 is 6.69. The maximum Gasteiger partial charge on any atom is 0.341 e. The van der Waals surface area contributed by atoms with E-state index in [9.17, 15) is 19.8 Å². The van der Waals surface area contributed by atoms with E-state index in [1.54, 1.807) is 9.80 Å². The van der Waals surface area contributed by atoms with E-state index >= 15 is 4.39 Å². The predicted octanol–water partition coefficient (Wildman–Crippen LogP) is 0.774. The number of hydrogen-bond donors (Lipinski definition) is 3. The number of likely N-dealkylation sites (tertiary alicyclic amines) is 1. The van der Waals surface area contributed by atoms with Crippen LogP contribution < -0.4 is 0 Å². The SMILES string of the molecule is O=C(O)C1=CN(C2CC2)C2C(=CC(F)=C(N3CCC([C@@H](O)CO)C3)C2Cl)C1=O. The van der Waals surface area contributed by atoms with Gasteiger partial charge in [-0.05, 0) is 25.3 Å². The van der Waals surface area contributed by atoms with Crippen LogP contribution in [-0.2, 0) is 9.59 Å². The van der Waals surface area contributed by atoms with E-state index in [4.69, 9.17) is 16.7 Å². The van der Waals surface area contributed by atoms with Crippen molar-refractivity contribution < 1.29 is 29.3 Å². The number of ketones is 1. The molecule has 4 atom stereocenters. The second-order valence-electron chi connectivity index (χ2n) is 7.78. The van der Waals surface area contributed by atoms with Crippen LogP contribution in [0.1, 0.15) is 19.3 Å². The van der Waals surface area contributed by atoms with Crippen LogP contribution in [-0.4, -0.2) is 80.1 Å². The van der Waals surface area contributed by atoms with Gasteiger partial charge in [0.25, 0.3) is 0 Å². The van der Waals surface area contributed by atoms with Crippen LogP contribution >= 0.6 is 11.6 Å². The number of halogens is 2. The molecule has 0 aromatic heterocycles. The maximum absolute atomic E-state index is 15.0. The van der Waals surface area contributed by atoms with Crippen molar-refractivity contribution in [2.75, 3.05) is 19.7 Å². The Morgan fingerprint density at radius 3 is 2.68 bits per heavy atom. The lowest BCUT2D eigenvalue weighted by Crippen LogP contribution is -2.51. The molecule has 0 bridgehead atoms. The van der Waals surface area contributed by atoms with Crippen LogP contribution in [0.2, 0.25) is 0 Å². The molecule has 3 unspecified atom stereocenters. The topological polar surface area (TPSA) is 101 Å². The largest absolute Gasteiger partial charge is 0.477 e. The molecule has 2 heterocycles. The zero-order valence-electron chi connectivity index (χ0n) is 15.1. The first-order valence-electron chi connectivity index (χ1n) is 9.40. The Kier molecular flexibility index (Phi) is 4.97. The molecule has 0 spiro atoms. The predicted molar refractivity (Wildman–Crippen MR) is 98.0 cm³/mol. The zero-order valence-corrected chi connectivity index (χ0v) is 15.8. The van der Waals surface area contributed by atoms with Crippen LogP contribution in [0.25, 0.3) is 0 Å². The van der Waals surface area contributed by atoms with Crippen molar-refractivity contribution in [1.82, 2.24) is 9.80 Å². The van der Waals surface area contributed by atoms with Gasteiger partial charge >= 0.3 is 5.97 Å². The molecule has 4 aliphatic rings. The van der Waals surface area contributed by atoms with Gasteiger partial charge in [-0.15, -0.1) is 11.6 Å². The number of Topliss-reactive ketones (excluding diaryl/α,β-unsaturated/α-hetero) is 1. The number of aliphatic hydroxyl groups excluding tert-OH is 2. The van der Waals surface area contributed by atoms with Crippen molar-refractivity contribution in [2.45, 2.75) is 42.8 Å². The molecule has 0 aromatic rings. The number of hydrogen-bond acceptors (Lipinski definition) is 6. The fraction of sp³-hybridized carbons (Fsp3) is 0.579. The Balaban J connectivity index is 1.68. The highest BCUT2D eigenvalue weighted by Crippen LogP contribution is 2.44. The minimum absolute atomic E-state index is 0.0687. The molecule has 3 N–H and O–H groups in total. The molecule has 1 saturated carbocycles. The first-order chi connectivity index (χ1) is 13.3. The van der Waals surface area contributed by atoms with Gasteiger partial charge < -0.3 is 25.1 Å². The smallest absolute Gasteiger partial charge is 0.341 e. The van der Waals surface area contributed by atoms with E-state index in [0.717, 1.165) is 18.9 Å². The molecule has 152 valence electrons. The summed E-state index contributed by atoms with van der Waals surface area (Å²) < 4.78 is 15.0. The number of rotatable bonds is 5. The van der Waals surface area contributed by atoms with E-state index < -0.39 is 35.1 Å². The average molecular weight is 413 g/mol. The number of carbonyl (C=O) groups excluding carboxylic acids is 1. The molecular weight excluding hydrogens is 391 g/mol. The third-order valence-electron chi connectivity index (χ3n) is 5.99. The summed E-state index contributed by atoms with van der Waals surface area (Å²) in [4.78, 5) is 27.6. The van der Waals surface area contributed by atoms with Crippen molar-refractivity contribution >= 4 is 23.4 Å². The highest BCUT2D eigenvalue weighted by atomic mass is 35.5. The molecule has 0 radical (unpaired) electrons. The molecule has 9 heteroatoms. The van der Waals surface area contributed by atoms with E-state index in [-0.39, 0.29) is 35.4 Å². The highest BCUT2D eigenvalue weighted by molar-refractivity contribution is 6.28. The van der Waals surface area contributed by atoms with E-state index in [2.05, 4.69) is 0 Å². The summed E-state index contributed by atoms with van der Waals surface area (Å²) in [5.41, 5.74) is -0.0466. The number of allylic oxidation sites excluding steroid dienone is 2. The lowest BCUT2D eigenvalue weighted by atomic mass is 9.85. The number of aliphatic hydroxyl groups is 2. The van der Waals surface area contributed by atoms with Gasteiger partial charge in [0.05, 0.1) is 24.4 Å². The molecule has 2 aliphatic carbocycles. The molecular formula is C19H22ClFN2O5. The van der Waals surface area contributed by atoms with Gasteiger partial charge in [0.1, 0.15) is 16.8 Å². The second kappa shape index (κ2) is 7.17. The first-order valence-corrected chi connectivity index (χ1v) is 9.83. The van der Waals surface area contributed by atoms with E-state index in [0.29, 0.717) is 19.5 Å². The quantitative estimate of drug-likeness (QED) is 0.453. The van der Waals surface area contributed by atoms with Crippen LogP contribution in [0.15, 0.2) is 34.9 Å². The maximum atomic E-state index is 15.0. The molecule has 0 amide bonds. The Morgan fingerprint density at radius 1 is 1.36 bits per heavy atom. The van der Waals surface area contributed by atoms with Crippen LogP contribution in [0, 0.1) is 5.92 Å². The minimum atomic E-state index is -1.34. The molecule has 1 saturated heterocycles. The number of carboxylic acids is 1. The van der Waals surface area contributed by atoms with E-state index in [1.165, 1.54) is 6.20 Å². The van der Waals surface area contributed by atoms with Crippen molar-refractivity contribution in [2.24, 2.45) is 5.92 Å². The summed E-state index contributed by atoms with van der Waals surface area (Å²) in [7, 11) is 0. The van der Waals surface area contributed by atoms with Crippen molar-refractivity contribution in [1.29, 1.82) is 0 Å². The van der Waals surface area contributed by atoms with Crippen molar-refractivity contribution in [3.05, 3.63) is 34.9 Å². The summed E-state index contributed by atoms with van der Waals surface area (Å²) in [5.74, 6) is -2.88. The standard InChI is InChI=1S/C19H22ClFN2O5/c20-15-16-11(18(26)12(19(27)28)7-23(16)10-1-2-10)5-13(21)17(15)22-4-3-9(6-22)14(25)8-24/h5,7,9-10,14-16,24-25H,1-4,6,8H2,(H,27,28)/t9?,14-,15?,16?/m0/s1. The number of carboxylic acid groups (broad SMARTS) is 1. The Bertz CT molecular complexity index is 806. The molecule has 28 heavy (non-hydrogen) atoms.